The number of carbonyl (C=O) groups is 1. The van der Waals surface area contributed by atoms with Crippen molar-refractivity contribution in [2.75, 3.05) is 0 Å². The van der Waals surface area contributed by atoms with Crippen LogP contribution in [0.2, 0.25) is 0 Å². The van der Waals surface area contributed by atoms with Crippen LogP contribution in [0, 0.1) is 0 Å². The molecule has 0 fully saturated rings. The van der Waals surface area contributed by atoms with E-state index >= 15 is 0 Å². The van der Waals surface area contributed by atoms with Crippen molar-refractivity contribution in [1.82, 2.24) is 0 Å². The lowest BCUT2D eigenvalue weighted by Crippen LogP contribution is -2.12. The van der Waals surface area contributed by atoms with Gasteiger partial charge in [-0.15, -0.1) is 11.8 Å². The van der Waals surface area contributed by atoms with E-state index in [1.807, 2.05) is 0 Å². The third-order valence-electron chi connectivity index (χ3n) is 2.21. The highest BCUT2D eigenvalue weighted by molar-refractivity contribution is 8.13. The SMILES string of the molecule is CCC1SC=NC1=NC(=O)Cc1ccco1. The zero-order valence-electron chi connectivity index (χ0n) is 8.92. The number of hydrogen-bond acceptors (Lipinski definition) is 3. The van der Waals surface area contributed by atoms with Gasteiger partial charge in [-0.05, 0) is 18.6 Å². The molecule has 0 spiro atoms. The zero-order valence-corrected chi connectivity index (χ0v) is 9.74. The van der Waals surface area contributed by atoms with Crippen LogP contribution in [-0.2, 0) is 11.2 Å². The molecule has 1 amide bonds. The van der Waals surface area contributed by atoms with Crippen LogP contribution in [0.5, 0.6) is 0 Å². The number of aliphatic imine (C=N–C) groups is 2. The van der Waals surface area contributed by atoms with Gasteiger partial charge in [0.15, 0.2) is 0 Å². The second-order valence-electron chi connectivity index (χ2n) is 3.39. The predicted octanol–water partition coefficient (Wildman–Crippen LogP) is 2.30. The molecule has 0 N–H and O–H groups in total. The summed E-state index contributed by atoms with van der Waals surface area (Å²) in [7, 11) is 0. The molecule has 1 unspecified atom stereocenters. The lowest BCUT2D eigenvalue weighted by molar-refractivity contribution is -0.117. The molecule has 2 rings (SSSR count). The van der Waals surface area contributed by atoms with Crippen molar-refractivity contribution in [2.45, 2.75) is 25.0 Å². The Hall–Kier alpha value is -1.36. The highest BCUT2D eigenvalue weighted by Crippen LogP contribution is 2.20. The van der Waals surface area contributed by atoms with Crippen molar-refractivity contribution in [3.05, 3.63) is 24.2 Å². The third-order valence-corrected chi connectivity index (χ3v) is 3.31. The number of rotatable bonds is 3. The van der Waals surface area contributed by atoms with Crippen LogP contribution in [-0.4, -0.2) is 22.5 Å². The van der Waals surface area contributed by atoms with E-state index in [2.05, 4.69) is 16.9 Å². The highest BCUT2D eigenvalue weighted by Gasteiger charge is 2.19. The van der Waals surface area contributed by atoms with Crippen LogP contribution in [0.1, 0.15) is 19.1 Å². The van der Waals surface area contributed by atoms with Crippen molar-refractivity contribution in [1.29, 1.82) is 0 Å². The molecule has 16 heavy (non-hydrogen) atoms. The maximum atomic E-state index is 11.6. The predicted molar refractivity (Wildman–Crippen MR) is 65.0 cm³/mol. The van der Waals surface area contributed by atoms with Crippen molar-refractivity contribution in [3.63, 3.8) is 0 Å². The van der Waals surface area contributed by atoms with Crippen LogP contribution in [0.3, 0.4) is 0 Å². The summed E-state index contributed by atoms with van der Waals surface area (Å²) in [5.74, 6) is 1.06. The van der Waals surface area contributed by atoms with E-state index in [9.17, 15) is 4.79 Å². The quantitative estimate of drug-likeness (QED) is 0.809. The van der Waals surface area contributed by atoms with Crippen molar-refractivity contribution >= 4 is 29.1 Å². The molecular formula is C11H12N2O2S. The number of hydrogen-bond donors (Lipinski definition) is 0. The van der Waals surface area contributed by atoms with E-state index in [0.717, 1.165) is 6.42 Å². The molecule has 0 saturated carbocycles. The number of amides is 1. The van der Waals surface area contributed by atoms with Gasteiger partial charge in [0.2, 0.25) is 0 Å². The topological polar surface area (TPSA) is 54.9 Å². The monoisotopic (exact) mass is 236 g/mol. The van der Waals surface area contributed by atoms with E-state index < -0.39 is 0 Å². The highest BCUT2D eigenvalue weighted by atomic mass is 32.2. The number of thioether (sulfide) groups is 1. The van der Waals surface area contributed by atoms with E-state index in [1.165, 1.54) is 0 Å². The molecule has 1 aromatic rings. The minimum Gasteiger partial charge on any atom is -0.469 e. The van der Waals surface area contributed by atoms with Crippen LogP contribution >= 0.6 is 11.8 Å². The minimum absolute atomic E-state index is 0.202. The molecular weight excluding hydrogens is 224 g/mol. The first-order valence-electron chi connectivity index (χ1n) is 5.11. The van der Waals surface area contributed by atoms with E-state index in [0.29, 0.717) is 11.6 Å². The average Bonchev–Trinajstić information content (AvgIpc) is 2.88. The molecule has 0 saturated heterocycles. The Bertz CT molecular complexity index is 423. The van der Waals surface area contributed by atoms with Gasteiger partial charge in [-0.1, -0.05) is 6.92 Å². The fourth-order valence-corrected chi connectivity index (χ4v) is 2.15. The van der Waals surface area contributed by atoms with Crippen LogP contribution in [0.4, 0.5) is 0 Å². The first kappa shape index (κ1) is 11.1. The van der Waals surface area contributed by atoms with Gasteiger partial charge in [0, 0.05) is 0 Å². The molecule has 0 bridgehead atoms. The Morgan fingerprint density at radius 1 is 1.69 bits per heavy atom. The first-order valence-corrected chi connectivity index (χ1v) is 6.05. The van der Waals surface area contributed by atoms with Crippen molar-refractivity contribution in [3.8, 4) is 0 Å². The molecule has 0 aliphatic carbocycles. The molecule has 0 aromatic carbocycles. The second-order valence-corrected chi connectivity index (χ2v) is 4.44. The second kappa shape index (κ2) is 5.12. The Kier molecular flexibility index (Phi) is 3.56. The van der Waals surface area contributed by atoms with Crippen LogP contribution in [0.15, 0.2) is 32.8 Å². The molecule has 84 valence electrons. The fraction of sp³-hybridized carbons (Fsp3) is 0.364. The summed E-state index contributed by atoms with van der Waals surface area (Å²) >= 11 is 1.60. The summed E-state index contributed by atoms with van der Waals surface area (Å²) in [6.45, 7) is 2.05. The molecule has 1 atom stereocenters. The lowest BCUT2D eigenvalue weighted by Gasteiger charge is -2.03. The van der Waals surface area contributed by atoms with Gasteiger partial charge in [0.25, 0.3) is 5.91 Å². The average molecular weight is 236 g/mol. The first-order chi connectivity index (χ1) is 7.79. The zero-order chi connectivity index (χ0) is 11.4. The Morgan fingerprint density at radius 3 is 3.25 bits per heavy atom. The normalized spacial score (nSPS) is 21.8. The van der Waals surface area contributed by atoms with Crippen molar-refractivity contribution in [2.24, 2.45) is 9.98 Å². The van der Waals surface area contributed by atoms with Gasteiger partial charge < -0.3 is 4.42 Å². The molecule has 1 aliphatic heterocycles. The molecule has 1 aromatic heterocycles. The summed E-state index contributed by atoms with van der Waals surface area (Å²) < 4.78 is 5.09. The lowest BCUT2D eigenvalue weighted by atomic mass is 10.3. The summed E-state index contributed by atoms with van der Waals surface area (Å²) in [4.78, 5) is 19.7. The van der Waals surface area contributed by atoms with E-state index in [4.69, 9.17) is 4.42 Å². The van der Waals surface area contributed by atoms with Crippen LogP contribution < -0.4 is 0 Å². The number of furan rings is 1. The maximum absolute atomic E-state index is 11.6. The van der Waals surface area contributed by atoms with Gasteiger partial charge in [-0.2, -0.15) is 4.99 Å². The number of amidine groups is 1. The Morgan fingerprint density at radius 2 is 2.56 bits per heavy atom. The third kappa shape index (κ3) is 2.61. The van der Waals surface area contributed by atoms with Gasteiger partial charge in [0.1, 0.15) is 11.6 Å². The smallest absolute Gasteiger partial charge is 0.255 e. The minimum atomic E-state index is -0.206. The fourth-order valence-electron chi connectivity index (χ4n) is 1.41. The number of carbonyl (C=O) groups excluding carboxylic acids is 1. The summed E-state index contributed by atoms with van der Waals surface area (Å²) in [6.07, 6.45) is 2.68. The van der Waals surface area contributed by atoms with Gasteiger partial charge >= 0.3 is 0 Å². The molecule has 2 heterocycles. The standard InChI is InChI=1S/C11H12N2O2S/c1-2-9-11(12-7-16-9)13-10(14)6-8-4-3-5-15-8/h3-5,7,9H,2,6H2,1H3. The van der Waals surface area contributed by atoms with E-state index in [1.54, 1.807) is 35.7 Å². The van der Waals surface area contributed by atoms with Gasteiger partial charge in [-0.25, -0.2) is 4.99 Å². The Balaban J connectivity index is 2.00. The van der Waals surface area contributed by atoms with E-state index in [-0.39, 0.29) is 17.6 Å². The maximum Gasteiger partial charge on any atom is 0.255 e. The van der Waals surface area contributed by atoms with Gasteiger partial charge in [0.05, 0.1) is 23.5 Å². The summed E-state index contributed by atoms with van der Waals surface area (Å²) in [5.41, 5.74) is 1.74. The molecule has 0 radical (unpaired) electrons. The molecule has 5 heteroatoms. The number of nitrogens with zero attached hydrogens (tertiary/aromatic N) is 2. The molecule has 1 aliphatic rings. The Labute approximate surface area is 97.8 Å². The largest absolute Gasteiger partial charge is 0.469 e. The summed E-state index contributed by atoms with van der Waals surface area (Å²) in [5, 5.41) is 0.223. The summed E-state index contributed by atoms with van der Waals surface area (Å²) in [6, 6.07) is 3.52. The van der Waals surface area contributed by atoms with Crippen LogP contribution in [0.25, 0.3) is 0 Å². The van der Waals surface area contributed by atoms with Gasteiger partial charge in [-0.3, -0.25) is 4.79 Å². The van der Waals surface area contributed by atoms with Crippen molar-refractivity contribution < 1.29 is 9.21 Å². The molecule has 4 nitrogen and oxygen atoms in total.